The lowest BCUT2D eigenvalue weighted by atomic mass is 9.81. The second-order valence-electron chi connectivity index (χ2n) is 9.94. The minimum Gasteiger partial charge on any atom is -0.507 e. The van der Waals surface area contributed by atoms with Gasteiger partial charge in [0.25, 0.3) is 0 Å². The maximum Gasteiger partial charge on any atom is 0.306 e. The molecule has 3 aromatic rings. The predicted molar refractivity (Wildman–Crippen MR) is 160 cm³/mol. The number of ketones is 2. The van der Waals surface area contributed by atoms with Crippen molar-refractivity contribution in [3.8, 4) is 11.5 Å². The summed E-state index contributed by atoms with van der Waals surface area (Å²) in [5, 5.41) is 21.9. The van der Waals surface area contributed by atoms with E-state index in [4.69, 9.17) is 27.9 Å². The molecule has 41 heavy (non-hydrogen) atoms. The number of anilines is 1. The molecule has 1 aliphatic rings. The molecule has 0 radical (unpaired) electrons. The number of aromatic hydroxyl groups is 2. The molecule has 0 heterocycles. The zero-order chi connectivity index (χ0) is 29.5. The Balaban J connectivity index is 1.45. The van der Waals surface area contributed by atoms with Crippen LogP contribution in [0, 0.1) is 0 Å². The van der Waals surface area contributed by atoms with Crippen LogP contribution in [0.4, 0.5) is 5.69 Å². The van der Waals surface area contributed by atoms with E-state index in [2.05, 4.69) is 4.90 Å². The Hall–Kier alpha value is -3.55. The fourth-order valence-electron chi connectivity index (χ4n) is 5.17. The zero-order valence-corrected chi connectivity index (χ0v) is 24.4. The molecule has 1 atom stereocenters. The Morgan fingerprint density at radius 3 is 2.12 bits per heavy atom. The number of nitrogens with zero attached hydrogens (tertiary/aromatic N) is 1. The molecule has 1 aliphatic carbocycles. The van der Waals surface area contributed by atoms with Crippen LogP contribution in [-0.2, 0) is 16.0 Å². The van der Waals surface area contributed by atoms with Gasteiger partial charge in [0.15, 0.2) is 11.6 Å². The molecule has 1 unspecified atom stereocenters. The van der Waals surface area contributed by atoms with Gasteiger partial charge in [-0.1, -0.05) is 49.7 Å². The molecule has 9 heteroatoms. The predicted octanol–water partition coefficient (Wildman–Crippen LogP) is 6.56. The third-order valence-electron chi connectivity index (χ3n) is 7.21. The second-order valence-corrected chi connectivity index (χ2v) is 10.7. The minimum atomic E-state index is -0.891. The van der Waals surface area contributed by atoms with Crippen LogP contribution in [-0.4, -0.2) is 52.6 Å². The lowest BCUT2D eigenvalue weighted by Gasteiger charge is -2.24. The van der Waals surface area contributed by atoms with Crippen molar-refractivity contribution in [2.45, 2.75) is 45.1 Å². The monoisotopic (exact) mass is 597 g/mol. The van der Waals surface area contributed by atoms with Crippen LogP contribution in [0.1, 0.15) is 81.7 Å². The quantitative estimate of drug-likeness (QED) is 0.102. The summed E-state index contributed by atoms with van der Waals surface area (Å²) in [6.45, 7) is 3.30. The molecule has 0 amide bonds. The molecule has 0 bridgehead atoms. The summed E-state index contributed by atoms with van der Waals surface area (Å²) in [6, 6.07) is 15.6. The van der Waals surface area contributed by atoms with Gasteiger partial charge in [-0.2, -0.15) is 0 Å². The van der Waals surface area contributed by atoms with Crippen LogP contribution in [0.25, 0.3) is 0 Å². The maximum absolute atomic E-state index is 13.2. The topological polar surface area (TPSA) is 104 Å². The van der Waals surface area contributed by atoms with Gasteiger partial charge in [-0.05, 0) is 43.0 Å². The van der Waals surface area contributed by atoms with Gasteiger partial charge in [-0.25, -0.2) is 0 Å². The first-order valence-corrected chi connectivity index (χ1v) is 14.8. The SMILES string of the molecule is CCCC(OC(=O)CCCc1ccc(N(CCCl)CCCl)cc1)c1cc(O)c2c(c1O)C(=O)c1ccccc1C2=O. The summed E-state index contributed by atoms with van der Waals surface area (Å²) in [4.78, 5) is 41.2. The molecule has 3 aromatic carbocycles. The molecule has 0 aliphatic heterocycles. The number of fused-ring (bicyclic) bond motifs is 2. The van der Waals surface area contributed by atoms with Crippen molar-refractivity contribution in [1.29, 1.82) is 0 Å². The molecule has 4 rings (SSSR count). The zero-order valence-electron chi connectivity index (χ0n) is 22.9. The average Bonchev–Trinajstić information content (AvgIpc) is 2.97. The van der Waals surface area contributed by atoms with Gasteiger partial charge >= 0.3 is 5.97 Å². The molecule has 0 saturated heterocycles. The van der Waals surface area contributed by atoms with E-state index in [0.717, 1.165) is 11.3 Å². The van der Waals surface area contributed by atoms with E-state index in [9.17, 15) is 24.6 Å². The van der Waals surface area contributed by atoms with Gasteiger partial charge < -0.3 is 19.8 Å². The smallest absolute Gasteiger partial charge is 0.306 e. The van der Waals surface area contributed by atoms with Crippen molar-refractivity contribution in [1.82, 2.24) is 0 Å². The van der Waals surface area contributed by atoms with Gasteiger partial charge in [0.1, 0.15) is 17.6 Å². The number of hydrogen-bond donors (Lipinski definition) is 2. The number of phenolic OH excluding ortho intramolecular Hbond substituents is 2. The third kappa shape index (κ3) is 6.68. The van der Waals surface area contributed by atoms with E-state index in [1.165, 1.54) is 18.2 Å². The molecule has 7 nitrogen and oxygen atoms in total. The van der Waals surface area contributed by atoms with E-state index in [1.807, 2.05) is 31.2 Å². The number of alkyl halides is 2. The summed E-state index contributed by atoms with van der Waals surface area (Å²) < 4.78 is 5.74. The number of esters is 1. The van der Waals surface area contributed by atoms with Crippen LogP contribution >= 0.6 is 23.2 Å². The summed E-state index contributed by atoms with van der Waals surface area (Å²) >= 11 is 11.8. The van der Waals surface area contributed by atoms with Crippen LogP contribution in [0.2, 0.25) is 0 Å². The number of benzene rings is 3. The molecular formula is C32H33Cl2NO6. The van der Waals surface area contributed by atoms with Crippen molar-refractivity contribution in [3.05, 3.63) is 88.0 Å². The van der Waals surface area contributed by atoms with Gasteiger partial charge in [-0.15, -0.1) is 23.2 Å². The Kier molecular flexibility index (Phi) is 10.3. The highest BCUT2D eigenvalue weighted by Gasteiger charge is 2.37. The summed E-state index contributed by atoms with van der Waals surface area (Å²) in [5.74, 6) is -1.44. The average molecular weight is 599 g/mol. The van der Waals surface area contributed by atoms with Crippen molar-refractivity contribution in [3.63, 3.8) is 0 Å². The Morgan fingerprint density at radius 1 is 0.927 bits per heavy atom. The molecule has 216 valence electrons. The van der Waals surface area contributed by atoms with Gasteiger partial charge in [0.05, 0.1) is 11.1 Å². The Labute approximate surface area is 249 Å². The summed E-state index contributed by atoms with van der Waals surface area (Å²) in [5.41, 5.74) is 2.03. The normalized spacial score (nSPS) is 13.0. The first kappa shape index (κ1) is 30.4. The van der Waals surface area contributed by atoms with Crippen LogP contribution in [0.5, 0.6) is 11.5 Å². The molecule has 0 saturated carbocycles. The number of rotatable bonds is 13. The lowest BCUT2D eigenvalue weighted by Crippen LogP contribution is -2.27. The fraction of sp³-hybridized carbons (Fsp3) is 0.344. The van der Waals surface area contributed by atoms with Crippen LogP contribution in [0.3, 0.4) is 0 Å². The van der Waals surface area contributed by atoms with Gasteiger partial charge in [0, 0.05) is 53.6 Å². The lowest BCUT2D eigenvalue weighted by molar-refractivity contribution is -0.150. The number of ether oxygens (including phenoxy) is 1. The highest BCUT2D eigenvalue weighted by molar-refractivity contribution is 6.30. The minimum absolute atomic E-state index is 0.103. The number of carbonyl (C=O) groups is 3. The van der Waals surface area contributed by atoms with E-state index in [1.54, 1.807) is 12.1 Å². The molecule has 0 spiro atoms. The van der Waals surface area contributed by atoms with Gasteiger partial charge in [-0.3, -0.25) is 14.4 Å². The number of aryl methyl sites for hydroxylation is 1. The largest absolute Gasteiger partial charge is 0.507 e. The number of phenols is 2. The van der Waals surface area contributed by atoms with Crippen molar-refractivity contribution in [2.24, 2.45) is 0 Å². The van der Waals surface area contributed by atoms with E-state index >= 15 is 0 Å². The molecule has 0 aromatic heterocycles. The fourth-order valence-corrected chi connectivity index (χ4v) is 5.57. The van der Waals surface area contributed by atoms with Gasteiger partial charge in [0.2, 0.25) is 0 Å². The number of hydrogen-bond acceptors (Lipinski definition) is 7. The van der Waals surface area contributed by atoms with Crippen molar-refractivity contribution >= 4 is 46.4 Å². The summed E-state index contributed by atoms with van der Waals surface area (Å²) in [7, 11) is 0. The van der Waals surface area contributed by atoms with Crippen LogP contribution < -0.4 is 4.90 Å². The maximum atomic E-state index is 13.2. The highest BCUT2D eigenvalue weighted by atomic mass is 35.5. The third-order valence-corrected chi connectivity index (χ3v) is 7.55. The molecule has 0 fully saturated rings. The number of halogens is 2. The van der Waals surface area contributed by atoms with Crippen molar-refractivity contribution < 1.29 is 29.3 Å². The molecular weight excluding hydrogens is 565 g/mol. The Morgan fingerprint density at radius 2 is 1.54 bits per heavy atom. The van der Waals surface area contributed by atoms with E-state index in [-0.39, 0.29) is 34.2 Å². The van der Waals surface area contributed by atoms with E-state index < -0.39 is 35.1 Å². The molecule has 2 N–H and O–H groups in total. The van der Waals surface area contributed by atoms with Crippen LogP contribution in [0.15, 0.2) is 54.6 Å². The van der Waals surface area contributed by atoms with Crippen molar-refractivity contribution in [2.75, 3.05) is 29.7 Å². The summed E-state index contributed by atoms with van der Waals surface area (Å²) in [6.07, 6.45) is 1.45. The first-order valence-electron chi connectivity index (χ1n) is 13.7. The number of carbonyl (C=O) groups excluding carboxylic acids is 3. The Bertz CT molecular complexity index is 1420. The second kappa shape index (κ2) is 13.9. The standard InChI is InChI=1S/C32H33Cl2NO6/c1-2-6-26(41-27(37)10-5-7-20-11-13-21(14-12-20)35(17-15-33)18-16-34)24-19-25(36)28-29(32(24)40)31(39)23-9-4-3-8-22(23)30(28)38/h3-4,8-9,11-14,19,26,36,40H,2,5-7,10,15-18H2,1H3. The first-order chi connectivity index (χ1) is 19.8. The highest BCUT2D eigenvalue weighted by Crippen LogP contribution is 2.43. The van der Waals surface area contributed by atoms with E-state index in [0.29, 0.717) is 50.5 Å².